The van der Waals surface area contributed by atoms with Gasteiger partial charge in [0.25, 0.3) is 0 Å². The van der Waals surface area contributed by atoms with Gasteiger partial charge in [-0.15, -0.1) is 0 Å². The van der Waals surface area contributed by atoms with Crippen LogP contribution in [0.4, 0.5) is 0 Å². The van der Waals surface area contributed by atoms with Crippen LogP contribution in [0, 0.1) is 5.92 Å². The summed E-state index contributed by atoms with van der Waals surface area (Å²) < 4.78 is 0. The smallest absolute Gasteiger partial charge is 0.323 e. The Morgan fingerprint density at radius 1 is 1.35 bits per heavy atom. The molecule has 102 valence electrons. The summed E-state index contributed by atoms with van der Waals surface area (Å²) in [5, 5.41) is 15.8. The Labute approximate surface area is 105 Å². The van der Waals surface area contributed by atoms with E-state index in [9.17, 15) is 9.90 Å². The fraction of sp³-hybridized carbons (Fsp3) is 0.923. The summed E-state index contributed by atoms with van der Waals surface area (Å²) in [4.78, 5) is 11.5. The van der Waals surface area contributed by atoms with E-state index in [1.807, 2.05) is 14.0 Å². The summed E-state index contributed by atoms with van der Waals surface area (Å²) in [5.74, 6) is -0.285. The molecule has 0 aliphatic heterocycles. The number of nitrogens with one attached hydrogen (secondary N) is 2. The van der Waals surface area contributed by atoms with Crippen molar-refractivity contribution in [1.82, 2.24) is 10.6 Å². The van der Waals surface area contributed by atoms with E-state index < -0.39 is 11.5 Å². The van der Waals surface area contributed by atoms with Crippen molar-refractivity contribution in [2.24, 2.45) is 5.92 Å². The summed E-state index contributed by atoms with van der Waals surface area (Å²) in [6.07, 6.45) is 3.31. The van der Waals surface area contributed by atoms with E-state index in [1.54, 1.807) is 0 Å². The lowest BCUT2D eigenvalue weighted by atomic mass is 9.84. The highest BCUT2D eigenvalue weighted by Crippen LogP contribution is 2.23. The zero-order chi connectivity index (χ0) is 13.3. The predicted octanol–water partition coefficient (Wildman–Crippen LogP) is 1.86. The van der Waals surface area contributed by atoms with Crippen LogP contribution in [0.25, 0.3) is 0 Å². The van der Waals surface area contributed by atoms with Crippen molar-refractivity contribution in [2.75, 3.05) is 20.1 Å². The van der Waals surface area contributed by atoms with Crippen molar-refractivity contribution >= 4 is 5.97 Å². The highest BCUT2D eigenvalue weighted by atomic mass is 16.4. The molecule has 0 aliphatic carbocycles. The van der Waals surface area contributed by atoms with Crippen LogP contribution in [-0.2, 0) is 4.79 Å². The van der Waals surface area contributed by atoms with E-state index in [0.29, 0.717) is 18.8 Å². The van der Waals surface area contributed by atoms with Crippen molar-refractivity contribution in [3.05, 3.63) is 0 Å². The molecule has 2 unspecified atom stereocenters. The molecule has 0 bridgehead atoms. The van der Waals surface area contributed by atoms with Crippen molar-refractivity contribution in [3.63, 3.8) is 0 Å². The molecule has 0 aromatic rings. The number of carboxylic acid groups (broad SMARTS) is 1. The molecule has 2 atom stereocenters. The second kappa shape index (κ2) is 8.48. The maximum atomic E-state index is 11.5. The van der Waals surface area contributed by atoms with Crippen LogP contribution in [-0.4, -0.2) is 36.8 Å². The topological polar surface area (TPSA) is 61.4 Å². The van der Waals surface area contributed by atoms with Gasteiger partial charge < -0.3 is 15.7 Å². The van der Waals surface area contributed by atoms with Crippen LogP contribution in [0.15, 0.2) is 0 Å². The molecule has 4 nitrogen and oxygen atoms in total. The predicted molar refractivity (Wildman–Crippen MR) is 71.3 cm³/mol. The lowest BCUT2D eigenvalue weighted by Gasteiger charge is -2.32. The SMILES string of the molecule is CCC(C)CC(CC)(NCCCNC)C(=O)O. The maximum absolute atomic E-state index is 11.5. The molecule has 17 heavy (non-hydrogen) atoms. The summed E-state index contributed by atoms with van der Waals surface area (Å²) in [5.41, 5.74) is -0.747. The number of carboxylic acids is 1. The Morgan fingerprint density at radius 3 is 2.41 bits per heavy atom. The first-order valence-electron chi connectivity index (χ1n) is 6.65. The molecular weight excluding hydrogens is 216 g/mol. The highest BCUT2D eigenvalue weighted by Gasteiger charge is 2.36. The lowest BCUT2D eigenvalue weighted by molar-refractivity contribution is -0.146. The monoisotopic (exact) mass is 244 g/mol. The second-order valence-corrected chi connectivity index (χ2v) is 4.84. The fourth-order valence-electron chi connectivity index (χ4n) is 1.99. The van der Waals surface area contributed by atoms with E-state index in [-0.39, 0.29) is 0 Å². The first kappa shape index (κ1) is 16.4. The van der Waals surface area contributed by atoms with Crippen LogP contribution >= 0.6 is 0 Å². The minimum Gasteiger partial charge on any atom is -0.480 e. The van der Waals surface area contributed by atoms with Gasteiger partial charge in [0.2, 0.25) is 0 Å². The van der Waals surface area contributed by atoms with Crippen LogP contribution in [0.5, 0.6) is 0 Å². The number of carbonyl (C=O) groups is 1. The molecule has 0 fully saturated rings. The van der Waals surface area contributed by atoms with Gasteiger partial charge in [-0.3, -0.25) is 4.79 Å². The van der Waals surface area contributed by atoms with Crippen LogP contribution in [0.3, 0.4) is 0 Å². The van der Waals surface area contributed by atoms with E-state index in [2.05, 4.69) is 24.5 Å². The highest BCUT2D eigenvalue weighted by molar-refractivity contribution is 5.78. The van der Waals surface area contributed by atoms with Gasteiger partial charge in [0, 0.05) is 0 Å². The van der Waals surface area contributed by atoms with E-state index in [0.717, 1.165) is 25.9 Å². The third-order valence-electron chi connectivity index (χ3n) is 3.47. The first-order chi connectivity index (χ1) is 8.02. The number of hydrogen-bond donors (Lipinski definition) is 3. The van der Waals surface area contributed by atoms with Crippen molar-refractivity contribution in [3.8, 4) is 0 Å². The molecule has 3 N–H and O–H groups in total. The molecule has 0 aromatic heterocycles. The lowest BCUT2D eigenvalue weighted by Crippen LogP contribution is -2.53. The number of hydrogen-bond acceptors (Lipinski definition) is 3. The average Bonchev–Trinajstić information content (AvgIpc) is 2.32. The first-order valence-corrected chi connectivity index (χ1v) is 6.65. The van der Waals surface area contributed by atoms with E-state index in [1.165, 1.54) is 0 Å². The second-order valence-electron chi connectivity index (χ2n) is 4.84. The van der Waals surface area contributed by atoms with Gasteiger partial charge in [-0.2, -0.15) is 0 Å². The molecular formula is C13H28N2O2. The number of aliphatic carboxylic acids is 1. The molecule has 0 saturated carbocycles. The van der Waals surface area contributed by atoms with Crippen molar-refractivity contribution in [1.29, 1.82) is 0 Å². The van der Waals surface area contributed by atoms with E-state index >= 15 is 0 Å². The molecule has 0 aromatic carbocycles. The van der Waals surface area contributed by atoms with Gasteiger partial charge in [0.1, 0.15) is 5.54 Å². The molecule has 0 radical (unpaired) electrons. The third-order valence-corrected chi connectivity index (χ3v) is 3.47. The van der Waals surface area contributed by atoms with Crippen LogP contribution < -0.4 is 10.6 Å². The van der Waals surface area contributed by atoms with Gasteiger partial charge in [-0.25, -0.2) is 0 Å². The fourth-order valence-corrected chi connectivity index (χ4v) is 1.99. The Kier molecular flexibility index (Phi) is 8.17. The van der Waals surface area contributed by atoms with Gasteiger partial charge >= 0.3 is 5.97 Å². The van der Waals surface area contributed by atoms with Gasteiger partial charge in [0.05, 0.1) is 0 Å². The quantitative estimate of drug-likeness (QED) is 0.513. The summed E-state index contributed by atoms with van der Waals surface area (Å²) in [7, 11) is 1.91. The Balaban J connectivity index is 4.43. The Hall–Kier alpha value is -0.610. The molecule has 0 aliphatic rings. The van der Waals surface area contributed by atoms with Crippen LogP contribution in [0.1, 0.15) is 46.5 Å². The molecule has 0 amide bonds. The standard InChI is InChI=1S/C13H28N2O2/c1-5-11(3)10-13(6-2,12(16)17)15-9-7-8-14-4/h11,14-15H,5-10H2,1-4H3,(H,16,17). The average molecular weight is 244 g/mol. The molecule has 0 rings (SSSR count). The van der Waals surface area contributed by atoms with Crippen molar-refractivity contribution in [2.45, 2.75) is 52.0 Å². The summed E-state index contributed by atoms with van der Waals surface area (Å²) >= 11 is 0. The maximum Gasteiger partial charge on any atom is 0.323 e. The van der Waals surface area contributed by atoms with Gasteiger partial charge in [-0.1, -0.05) is 27.2 Å². The molecule has 0 heterocycles. The minimum atomic E-state index is -0.747. The van der Waals surface area contributed by atoms with E-state index in [4.69, 9.17) is 0 Å². The van der Waals surface area contributed by atoms with Gasteiger partial charge in [0.15, 0.2) is 0 Å². The zero-order valence-corrected chi connectivity index (χ0v) is 11.7. The Bertz CT molecular complexity index is 221. The summed E-state index contributed by atoms with van der Waals surface area (Å²) in [6, 6.07) is 0. The number of rotatable bonds is 10. The minimum absolute atomic E-state index is 0.433. The molecule has 0 saturated heterocycles. The van der Waals surface area contributed by atoms with Crippen molar-refractivity contribution < 1.29 is 9.90 Å². The van der Waals surface area contributed by atoms with Gasteiger partial charge in [-0.05, 0) is 45.3 Å². The third kappa shape index (κ3) is 5.50. The normalized spacial score (nSPS) is 16.5. The molecule has 4 heteroatoms. The molecule has 0 spiro atoms. The largest absolute Gasteiger partial charge is 0.480 e. The Morgan fingerprint density at radius 2 is 2.00 bits per heavy atom. The zero-order valence-electron chi connectivity index (χ0n) is 11.7. The summed E-state index contributed by atoms with van der Waals surface area (Å²) in [6.45, 7) is 7.82. The van der Waals surface area contributed by atoms with Crippen LogP contribution in [0.2, 0.25) is 0 Å².